The second kappa shape index (κ2) is 3.20. The summed E-state index contributed by atoms with van der Waals surface area (Å²) in [6.45, 7) is -0.631. The van der Waals surface area contributed by atoms with Crippen LogP contribution in [-0.2, 0) is 9.53 Å². The van der Waals surface area contributed by atoms with Gasteiger partial charge in [-0.15, -0.1) is 0 Å². The molecule has 76 valence electrons. The van der Waals surface area contributed by atoms with Crippen LogP contribution in [0.15, 0.2) is 0 Å². The number of nitrogens with two attached hydrogens (primary N) is 1. The maximum atomic E-state index is 10.6. The molecule has 0 radical (unpaired) electrons. The number of carbonyl (C=O) groups excluding carboxylic acids is 1. The number of aliphatic hydroxyl groups excluding tert-OH is 3. The van der Waals surface area contributed by atoms with Gasteiger partial charge in [0.2, 0.25) is 0 Å². The summed E-state index contributed by atoms with van der Waals surface area (Å²) in [7, 11) is 0. The predicted molar refractivity (Wildman–Crippen MR) is 38.1 cm³/mol. The molecule has 0 aliphatic carbocycles. The van der Waals surface area contributed by atoms with Gasteiger partial charge in [0.1, 0.15) is 18.3 Å². The van der Waals surface area contributed by atoms with Crippen LogP contribution in [0.2, 0.25) is 0 Å². The maximum absolute atomic E-state index is 10.6. The fraction of sp³-hybridized carbons (Fsp3) is 0.833. The summed E-state index contributed by atoms with van der Waals surface area (Å²) < 4.78 is 4.52. The first-order valence-electron chi connectivity index (χ1n) is 3.60. The third-order valence-electron chi connectivity index (χ3n) is 1.97. The Hall–Kier alpha value is -0.730. The van der Waals surface area contributed by atoms with E-state index >= 15 is 0 Å². The number of carbonyl (C=O) groups is 1. The fourth-order valence-electron chi connectivity index (χ4n) is 1.15. The van der Waals surface area contributed by atoms with Gasteiger partial charge in [-0.3, -0.25) is 4.79 Å². The molecule has 6 N–H and O–H groups in total. The Labute approximate surface area is 73.4 Å². The standard InChI is InChI=1S/C6H11NO6/c7-5(11)6(12)4(10)3(9)2(1-8)13-6/h2-4,8-10,12H,1H2,(H2,7,11)/t2-,3-,4-,6?/m1/s1. The van der Waals surface area contributed by atoms with Crippen molar-refractivity contribution in [3.63, 3.8) is 0 Å². The summed E-state index contributed by atoms with van der Waals surface area (Å²) >= 11 is 0. The molecule has 1 aliphatic rings. The molecular formula is C6H11NO6. The van der Waals surface area contributed by atoms with E-state index in [0.717, 1.165) is 0 Å². The van der Waals surface area contributed by atoms with Crippen LogP contribution in [-0.4, -0.2) is 57.0 Å². The molecule has 7 nitrogen and oxygen atoms in total. The molecule has 1 saturated heterocycles. The van der Waals surface area contributed by atoms with E-state index in [2.05, 4.69) is 4.74 Å². The molecule has 1 unspecified atom stereocenters. The Balaban J connectivity index is 2.87. The van der Waals surface area contributed by atoms with Gasteiger partial charge < -0.3 is 30.9 Å². The van der Waals surface area contributed by atoms with E-state index in [-0.39, 0.29) is 0 Å². The van der Waals surface area contributed by atoms with Crippen LogP contribution in [0, 0.1) is 0 Å². The largest absolute Gasteiger partial charge is 0.394 e. The molecule has 1 fully saturated rings. The number of aliphatic hydroxyl groups is 4. The van der Waals surface area contributed by atoms with E-state index in [1.54, 1.807) is 0 Å². The van der Waals surface area contributed by atoms with Gasteiger partial charge in [-0.2, -0.15) is 0 Å². The topological polar surface area (TPSA) is 133 Å². The van der Waals surface area contributed by atoms with Gasteiger partial charge in [0, 0.05) is 0 Å². The van der Waals surface area contributed by atoms with Gasteiger partial charge in [0.05, 0.1) is 6.61 Å². The Morgan fingerprint density at radius 2 is 2.08 bits per heavy atom. The molecular weight excluding hydrogens is 182 g/mol. The van der Waals surface area contributed by atoms with Crippen LogP contribution in [0.25, 0.3) is 0 Å². The van der Waals surface area contributed by atoms with Gasteiger partial charge in [0.25, 0.3) is 11.7 Å². The molecule has 7 heteroatoms. The third kappa shape index (κ3) is 1.40. The Bertz CT molecular complexity index is 221. The second-order valence-electron chi connectivity index (χ2n) is 2.83. The third-order valence-corrected chi connectivity index (χ3v) is 1.97. The fourth-order valence-corrected chi connectivity index (χ4v) is 1.15. The highest BCUT2D eigenvalue weighted by molar-refractivity contribution is 5.82. The average Bonchev–Trinajstić information content (AvgIpc) is 2.31. The Morgan fingerprint density at radius 3 is 2.31 bits per heavy atom. The van der Waals surface area contributed by atoms with Crippen molar-refractivity contribution in [3.05, 3.63) is 0 Å². The van der Waals surface area contributed by atoms with Crippen LogP contribution >= 0.6 is 0 Å². The van der Waals surface area contributed by atoms with Crippen molar-refractivity contribution in [2.24, 2.45) is 5.73 Å². The van der Waals surface area contributed by atoms with Crippen molar-refractivity contribution in [2.75, 3.05) is 6.61 Å². The van der Waals surface area contributed by atoms with Crippen LogP contribution in [0.5, 0.6) is 0 Å². The van der Waals surface area contributed by atoms with E-state index in [1.807, 2.05) is 0 Å². The predicted octanol–water partition coefficient (Wildman–Crippen LogP) is -3.73. The average molecular weight is 193 g/mol. The van der Waals surface area contributed by atoms with Crippen LogP contribution in [0.1, 0.15) is 0 Å². The van der Waals surface area contributed by atoms with E-state index in [9.17, 15) is 9.90 Å². The summed E-state index contributed by atoms with van der Waals surface area (Å²) in [5.41, 5.74) is 4.73. The number of amides is 1. The quantitative estimate of drug-likeness (QED) is 0.306. The lowest BCUT2D eigenvalue weighted by Gasteiger charge is -2.21. The lowest BCUT2D eigenvalue weighted by molar-refractivity contribution is -0.223. The van der Waals surface area contributed by atoms with Gasteiger partial charge in [-0.05, 0) is 0 Å². The highest BCUT2D eigenvalue weighted by Gasteiger charge is 2.57. The van der Waals surface area contributed by atoms with Gasteiger partial charge in [-0.25, -0.2) is 0 Å². The first kappa shape index (κ1) is 10.4. The summed E-state index contributed by atoms with van der Waals surface area (Å²) in [6.07, 6.45) is -4.60. The number of hydrogen-bond acceptors (Lipinski definition) is 6. The van der Waals surface area contributed by atoms with E-state index in [1.165, 1.54) is 0 Å². The van der Waals surface area contributed by atoms with Gasteiger partial charge in [-0.1, -0.05) is 0 Å². The van der Waals surface area contributed by atoms with Gasteiger partial charge >= 0.3 is 0 Å². The van der Waals surface area contributed by atoms with Crippen molar-refractivity contribution >= 4 is 5.91 Å². The number of hydrogen-bond donors (Lipinski definition) is 5. The normalized spacial score (nSPS) is 45.1. The number of primary amides is 1. The minimum Gasteiger partial charge on any atom is -0.394 e. The minimum absolute atomic E-state index is 0.631. The Kier molecular flexibility index (Phi) is 2.55. The highest BCUT2D eigenvalue weighted by atomic mass is 16.7. The van der Waals surface area contributed by atoms with Crippen molar-refractivity contribution in [1.29, 1.82) is 0 Å². The van der Waals surface area contributed by atoms with E-state index in [4.69, 9.17) is 21.1 Å². The smallest absolute Gasteiger partial charge is 0.280 e. The molecule has 1 rings (SSSR count). The summed E-state index contributed by atoms with van der Waals surface area (Å²) in [4.78, 5) is 10.6. The zero-order chi connectivity index (χ0) is 10.2. The monoisotopic (exact) mass is 193 g/mol. The molecule has 4 atom stereocenters. The number of ether oxygens (including phenoxy) is 1. The molecule has 0 aromatic carbocycles. The highest BCUT2D eigenvalue weighted by Crippen LogP contribution is 2.28. The zero-order valence-corrected chi connectivity index (χ0v) is 6.62. The molecule has 0 aromatic rings. The summed E-state index contributed by atoms with van der Waals surface area (Å²) in [5, 5.41) is 36.2. The SMILES string of the molecule is NC(=O)C1(O)O[C@H](CO)[C@@H](O)[C@H]1O. The lowest BCUT2D eigenvalue weighted by atomic mass is 10.1. The molecule has 0 saturated carbocycles. The van der Waals surface area contributed by atoms with Crippen molar-refractivity contribution in [2.45, 2.75) is 24.1 Å². The zero-order valence-electron chi connectivity index (χ0n) is 6.62. The molecule has 1 amide bonds. The first-order valence-corrected chi connectivity index (χ1v) is 3.60. The van der Waals surface area contributed by atoms with Crippen LogP contribution in [0.3, 0.4) is 0 Å². The van der Waals surface area contributed by atoms with Crippen molar-refractivity contribution in [1.82, 2.24) is 0 Å². The van der Waals surface area contributed by atoms with Crippen molar-refractivity contribution < 1.29 is 30.0 Å². The Morgan fingerprint density at radius 1 is 1.54 bits per heavy atom. The van der Waals surface area contributed by atoms with Crippen molar-refractivity contribution in [3.8, 4) is 0 Å². The minimum atomic E-state index is -2.62. The van der Waals surface area contributed by atoms with E-state index in [0.29, 0.717) is 0 Å². The molecule has 0 bridgehead atoms. The maximum Gasteiger partial charge on any atom is 0.280 e. The summed E-state index contributed by atoms with van der Waals surface area (Å²) in [5.74, 6) is -3.93. The summed E-state index contributed by atoms with van der Waals surface area (Å²) in [6, 6.07) is 0. The van der Waals surface area contributed by atoms with E-state index < -0.39 is 36.6 Å². The number of rotatable bonds is 2. The van der Waals surface area contributed by atoms with Gasteiger partial charge in [0.15, 0.2) is 0 Å². The molecule has 13 heavy (non-hydrogen) atoms. The molecule has 0 aromatic heterocycles. The molecule has 0 spiro atoms. The molecule has 1 aliphatic heterocycles. The molecule has 1 heterocycles. The lowest BCUT2D eigenvalue weighted by Crippen LogP contribution is -2.53. The first-order chi connectivity index (χ1) is 5.93. The van der Waals surface area contributed by atoms with Crippen LogP contribution < -0.4 is 5.73 Å². The second-order valence-corrected chi connectivity index (χ2v) is 2.83. The van der Waals surface area contributed by atoms with Crippen LogP contribution in [0.4, 0.5) is 0 Å².